The van der Waals surface area contributed by atoms with Crippen LogP contribution >= 0.6 is 0 Å². The van der Waals surface area contributed by atoms with E-state index in [-0.39, 0.29) is 6.04 Å². The van der Waals surface area contributed by atoms with Crippen LogP contribution in [0.15, 0.2) is 28.9 Å². The fourth-order valence-electron chi connectivity index (χ4n) is 1.70. The van der Waals surface area contributed by atoms with Crippen LogP contribution < -0.4 is 5.32 Å². The quantitative estimate of drug-likeness (QED) is 0.825. The Hall–Kier alpha value is -1.79. The molecule has 1 aliphatic rings. The summed E-state index contributed by atoms with van der Waals surface area (Å²) >= 11 is 0. The minimum atomic E-state index is -0.0197. The van der Waals surface area contributed by atoms with Gasteiger partial charge in [0.15, 0.2) is 0 Å². The molecule has 1 aliphatic heterocycles. The zero-order valence-corrected chi connectivity index (χ0v) is 9.17. The van der Waals surface area contributed by atoms with Crippen molar-refractivity contribution in [1.82, 2.24) is 20.4 Å². The predicted molar refractivity (Wildman–Crippen MR) is 59.1 cm³/mol. The van der Waals surface area contributed by atoms with Gasteiger partial charge in [-0.2, -0.15) is 4.98 Å². The lowest BCUT2D eigenvalue weighted by molar-refractivity contribution is 0.0659. The zero-order valence-electron chi connectivity index (χ0n) is 9.17. The molecule has 0 amide bonds. The Morgan fingerprint density at radius 1 is 1.35 bits per heavy atom. The Morgan fingerprint density at radius 2 is 2.35 bits per heavy atom. The first kappa shape index (κ1) is 10.4. The highest BCUT2D eigenvalue weighted by Gasteiger charge is 2.22. The van der Waals surface area contributed by atoms with Gasteiger partial charge in [-0.1, -0.05) is 11.2 Å². The number of ether oxygens (including phenoxy) is 1. The first-order valence-electron chi connectivity index (χ1n) is 5.49. The molecule has 1 saturated heterocycles. The van der Waals surface area contributed by atoms with Crippen LogP contribution in [0.25, 0.3) is 11.5 Å². The summed E-state index contributed by atoms with van der Waals surface area (Å²) in [5.74, 6) is 1.05. The second kappa shape index (κ2) is 4.60. The highest BCUT2D eigenvalue weighted by Crippen LogP contribution is 2.17. The van der Waals surface area contributed by atoms with Gasteiger partial charge in [-0.25, -0.2) is 0 Å². The zero-order chi connectivity index (χ0) is 11.5. The standard InChI is InChI=1S/C11H12N4O2/c1-2-4-12-8(3-1)10-14-11(17-15-10)9-7-16-6-5-13-9/h1-4,9,13H,5-7H2. The van der Waals surface area contributed by atoms with E-state index in [1.54, 1.807) is 6.20 Å². The lowest BCUT2D eigenvalue weighted by Crippen LogP contribution is -2.34. The molecule has 1 N–H and O–H groups in total. The molecule has 0 aromatic carbocycles. The largest absolute Gasteiger partial charge is 0.378 e. The molecule has 0 spiro atoms. The highest BCUT2D eigenvalue weighted by atomic mass is 16.5. The number of nitrogens with zero attached hydrogens (tertiary/aromatic N) is 3. The number of hydrogen-bond acceptors (Lipinski definition) is 6. The maximum atomic E-state index is 5.35. The summed E-state index contributed by atoms with van der Waals surface area (Å²) in [7, 11) is 0. The monoisotopic (exact) mass is 232 g/mol. The van der Waals surface area contributed by atoms with E-state index in [2.05, 4.69) is 20.4 Å². The van der Waals surface area contributed by atoms with Gasteiger partial charge in [0.1, 0.15) is 11.7 Å². The Bertz CT molecular complexity index is 479. The van der Waals surface area contributed by atoms with Crippen LogP contribution in [0.4, 0.5) is 0 Å². The predicted octanol–water partition coefficient (Wildman–Crippen LogP) is 0.792. The highest BCUT2D eigenvalue weighted by molar-refractivity contribution is 5.47. The summed E-state index contributed by atoms with van der Waals surface area (Å²) in [5.41, 5.74) is 0.708. The van der Waals surface area contributed by atoms with E-state index in [4.69, 9.17) is 9.26 Å². The number of rotatable bonds is 2. The first-order valence-corrected chi connectivity index (χ1v) is 5.49. The Kier molecular flexibility index (Phi) is 2.81. The average Bonchev–Trinajstić information content (AvgIpc) is 2.90. The molecule has 17 heavy (non-hydrogen) atoms. The lowest BCUT2D eigenvalue weighted by atomic mass is 10.3. The van der Waals surface area contributed by atoms with Gasteiger partial charge in [0.05, 0.1) is 13.2 Å². The summed E-state index contributed by atoms with van der Waals surface area (Å²) in [6.45, 7) is 2.08. The van der Waals surface area contributed by atoms with Gasteiger partial charge < -0.3 is 14.6 Å². The number of hydrogen-bond donors (Lipinski definition) is 1. The Labute approximate surface area is 98.0 Å². The SMILES string of the molecule is c1ccc(-c2noc(C3COCCN3)n2)nc1. The second-order valence-electron chi connectivity index (χ2n) is 3.75. The van der Waals surface area contributed by atoms with Crippen molar-refractivity contribution < 1.29 is 9.26 Å². The fourth-order valence-corrected chi connectivity index (χ4v) is 1.70. The topological polar surface area (TPSA) is 73.1 Å². The van der Waals surface area contributed by atoms with Crippen molar-refractivity contribution in [2.45, 2.75) is 6.04 Å². The molecule has 1 unspecified atom stereocenters. The molecule has 3 heterocycles. The minimum absolute atomic E-state index is 0.0197. The van der Waals surface area contributed by atoms with Crippen LogP contribution in [0.1, 0.15) is 11.9 Å². The summed E-state index contributed by atoms with van der Waals surface area (Å²) in [4.78, 5) is 8.49. The van der Waals surface area contributed by atoms with E-state index in [1.165, 1.54) is 0 Å². The van der Waals surface area contributed by atoms with Crippen LogP contribution in [0, 0.1) is 0 Å². The summed E-state index contributed by atoms with van der Waals surface area (Å²) in [6.07, 6.45) is 1.70. The summed E-state index contributed by atoms with van der Waals surface area (Å²) < 4.78 is 10.6. The van der Waals surface area contributed by atoms with Crippen molar-refractivity contribution in [2.24, 2.45) is 0 Å². The number of nitrogens with one attached hydrogen (secondary N) is 1. The summed E-state index contributed by atoms with van der Waals surface area (Å²) in [6, 6.07) is 5.56. The van der Waals surface area contributed by atoms with Crippen LogP contribution in [0.3, 0.4) is 0 Å². The van der Waals surface area contributed by atoms with Crippen molar-refractivity contribution in [3.63, 3.8) is 0 Å². The Morgan fingerprint density at radius 3 is 3.12 bits per heavy atom. The van der Waals surface area contributed by atoms with E-state index >= 15 is 0 Å². The molecule has 2 aromatic heterocycles. The van der Waals surface area contributed by atoms with Gasteiger partial charge in [0.25, 0.3) is 0 Å². The first-order chi connectivity index (χ1) is 8.43. The molecule has 88 valence electrons. The smallest absolute Gasteiger partial charge is 0.246 e. The van der Waals surface area contributed by atoms with Gasteiger partial charge in [-0.3, -0.25) is 4.98 Å². The van der Waals surface area contributed by atoms with Crippen LogP contribution in [0.5, 0.6) is 0 Å². The molecular weight excluding hydrogens is 220 g/mol. The third-order valence-electron chi connectivity index (χ3n) is 2.56. The molecule has 0 radical (unpaired) electrons. The van der Waals surface area contributed by atoms with E-state index in [9.17, 15) is 0 Å². The van der Waals surface area contributed by atoms with Crippen LogP contribution in [-0.2, 0) is 4.74 Å². The van der Waals surface area contributed by atoms with Crippen molar-refractivity contribution in [2.75, 3.05) is 19.8 Å². The van der Waals surface area contributed by atoms with Crippen molar-refractivity contribution in [3.05, 3.63) is 30.3 Å². The Balaban J connectivity index is 1.83. The number of aromatic nitrogens is 3. The van der Waals surface area contributed by atoms with Gasteiger partial charge in [0, 0.05) is 12.7 Å². The molecule has 6 nitrogen and oxygen atoms in total. The third-order valence-corrected chi connectivity index (χ3v) is 2.56. The molecule has 2 aromatic rings. The molecule has 0 aliphatic carbocycles. The molecule has 1 atom stereocenters. The van der Waals surface area contributed by atoms with Crippen molar-refractivity contribution in [1.29, 1.82) is 0 Å². The molecule has 3 rings (SSSR count). The lowest BCUT2D eigenvalue weighted by Gasteiger charge is -2.20. The maximum Gasteiger partial charge on any atom is 0.246 e. The van der Waals surface area contributed by atoms with Crippen molar-refractivity contribution in [3.8, 4) is 11.5 Å². The normalized spacial score (nSPS) is 20.4. The summed E-state index contributed by atoms with van der Waals surface area (Å²) in [5, 5.41) is 7.18. The minimum Gasteiger partial charge on any atom is -0.378 e. The van der Waals surface area contributed by atoms with Gasteiger partial charge in [-0.05, 0) is 12.1 Å². The number of morpholine rings is 1. The molecule has 0 saturated carbocycles. The van der Waals surface area contributed by atoms with Gasteiger partial charge in [0.2, 0.25) is 11.7 Å². The second-order valence-corrected chi connectivity index (χ2v) is 3.75. The van der Waals surface area contributed by atoms with E-state index < -0.39 is 0 Å². The molecular formula is C11H12N4O2. The number of pyridine rings is 1. The van der Waals surface area contributed by atoms with Crippen LogP contribution in [-0.4, -0.2) is 34.9 Å². The van der Waals surface area contributed by atoms with Gasteiger partial charge in [-0.15, -0.1) is 0 Å². The van der Waals surface area contributed by atoms with E-state index in [0.29, 0.717) is 24.0 Å². The van der Waals surface area contributed by atoms with Crippen LogP contribution in [0.2, 0.25) is 0 Å². The van der Waals surface area contributed by atoms with Gasteiger partial charge >= 0.3 is 0 Å². The molecule has 6 heteroatoms. The molecule has 0 bridgehead atoms. The van der Waals surface area contributed by atoms with Crippen molar-refractivity contribution >= 4 is 0 Å². The molecule has 1 fully saturated rings. The van der Waals surface area contributed by atoms with E-state index in [1.807, 2.05) is 18.2 Å². The fraction of sp³-hybridized carbons (Fsp3) is 0.364. The van der Waals surface area contributed by atoms with E-state index in [0.717, 1.165) is 13.2 Å². The third kappa shape index (κ3) is 2.17. The maximum absolute atomic E-state index is 5.35. The average molecular weight is 232 g/mol.